The molecular formula is C12H27NO3. The molecule has 0 spiro atoms. The van der Waals surface area contributed by atoms with Crippen LogP contribution in [-0.4, -0.2) is 49.3 Å². The van der Waals surface area contributed by atoms with Crippen LogP contribution in [0.1, 0.15) is 40.0 Å². The van der Waals surface area contributed by atoms with Crippen LogP contribution in [0.3, 0.4) is 0 Å². The van der Waals surface area contributed by atoms with E-state index in [-0.39, 0.29) is 6.42 Å². The van der Waals surface area contributed by atoms with Gasteiger partial charge in [0.15, 0.2) is 0 Å². The minimum absolute atomic E-state index is 0.0938. The fourth-order valence-corrected chi connectivity index (χ4v) is 1.29. The molecule has 4 heteroatoms. The van der Waals surface area contributed by atoms with Crippen LogP contribution >= 0.6 is 0 Å². The minimum Gasteiger partial charge on any atom is -0.481 e. The molecular weight excluding hydrogens is 206 g/mol. The third-order valence-electron chi connectivity index (χ3n) is 2.17. The first-order valence-corrected chi connectivity index (χ1v) is 6.13. The van der Waals surface area contributed by atoms with E-state index in [1.165, 1.54) is 39.6 Å². The summed E-state index contributed by atoms with van der Waals surface area (Å²) in [7, 11) is 1.48. The first-order chi connectivity index (χ1) is 7.70. The van der Waals surface area contributed by atoms with Gasteiger partial charge < -0.3 is 14.7 Å². The van der Waals surface area contributed by atoms with Crippen molar-refractivity contribution in [1.29, 1.82) is 0 Å². The predicted octanol–water partition coefficient (Wildman–Crippen LogP) is 2.24. The molecule has 16 heavy (non-hydrogen) atoms. The largest absolute Gasteiger partial charge is 0.481 e. The van der Waals surface area contributed by atoms with Crippen LogP contribution in [0.2, 0.25) is 0 Å². The Morgan fingerprint density at radius 2 is 1.81 bits per heavy atom. The summed E-state index contributed by atoms with van der Waals surface area (Å²) in [5, 5.41) is 7.96. The Balaban J connectivity index is 0. The average molecular weight is 233 g/mol. The molecule has 1 N–H and O–H groups in total. The van der Waals surface area contributed by atoms with Gasteiger partial charge in [-0.2, -0.15) is 0 Å². The molecule has 1 rings (SSSR count). The topological polar surface area (TPSA) is 49.8 Å². The third-order valence-corrected chi connectivity index (χ3v) is 2.17. The molecule has 0 aliphatic carbocycles. The molecule has 1 fully saturated rings. The number of nitrogens with zero attached hydrogens (tertiary/aromatic N) is 1. The van der Waals surface area contributed by atoms with Crippen molar-refractivity contribution in [3.8, 4) is 0 Å². The van der Waals surface area contributed by atoms with Gasteiger partial charge in [-0.3, -0.25) is 4.79 Å². The maximum atomic E-state index is 9.68. The molecule has 0 atom stereocenters. The van der Waals surface area contributed by atoms with Gasteiger partial charge >= 0.3 is 5.97 Å². The SMILES string of the molecule is CC.CCN1CCCC1.COCCC(=O)O. The summed E-state index contributed by atoms with van der Waals surface area (Å²) in [4.78, 5) is 12.2. The smallest absolute Gasteiger partial charge is 0.305 e. The average Bonchev–Trinajstić information content (AvgIpc) is 2.82. The van der Waals surface area contributed by atoms with E-state index in [1.807, 2.05) is 13.8 Å². The highest BCUT2D eigenvalue weighted by atomic mass is 16.5. The summed E-state index contributed by atoms with van der Waals surface area (Å²) >= 11 is 0. The molecule has 0 saturated carbocycles. The second kappa shape index (κ2) is 14.4. The normalized spacial score (nSPS) is 14.5. The highest BCUT2D eigenvalue weighted by molar-refractivity contribution is 5.66. The number of hydrogen-bond acceptors (Lipinski definition) is 3. The van der Waals surface area contributed by atoms with Crippen LogP contribution < -0.4 is 0 Å². The summed E-state index contributed by atoms with van der Waals surface area (Å²) in [6, 6.07) is 0. The van der Waals surface area contributed by atoms with Gasteiger partial charge in [0.1, 0.15) is 0 Å². The first-order valence-electron chi connectivity index (χ1n) is 6.13. The van der Waals surface area contributed by atoms with E-state index in [4.69, 9.17) is 5.11 Å². The molecule has 0 amide bonds. The lowest BCUT2D eigenvalue weighted by Gasteiger charge is -2.08. The Hall–Kier alpha value is -0.610. The van der Waals surface area contributed by atoms with Crippen LogP contribution in [-0.2, 0) is 9.53 Å². The van der Waals surface area contributed by atoms with Crippen LogP contribution in [0.4, 0.5) is 0 Å². The quantitative estimate of drug-likeness (QED) is 0.809. The van der Waals surface area contributed by atoms with E-state index in [9.17, 15) is 4.79 Å². The molecule has 1 heterocycles. The molecule has 1 saturated heterocycles. The second-order valence-corrected chi connectivity index (χ2v) is 3.28. The monoisotopic (exact) mass is 233 g/mol. The van der Waals surface area contributed by atoms with Crippen molar-refractivity contribution in [2.24, 2.45) is 0 Å². The van der Waals surface area contributed by atoms with Crippen LogP contribution in [0.25, 0.3) is 0 Å². The standard InChI is InChI=1S/C6H13N.C4H8O3.C2H6/c1-2-7-5-3-4-6-7;1-7-3-2-4(5)6;1-2/h2-6H2,1H3;2-3H2,1H3,(H,5,6);1-2H3. The second-order valence-electron chi connectivity index (χ2n) is 3.28. The van der Waals surface area contributed by atoms with Gasteiger partial charge in [0.05, 0.1) is 13.0 Å². The molecule has 0 bridgehead atoms. The van der Waals surface area contributed by atoms with Crippen molar-refractivity contribution in [2.75, 3.05) is 33.4 Å². The summed E-state index contributed by atoms with van der Waals surface area (Å²) in [5.74, 6) is -0.818. The molecule has 1 aliphatic rings. The van der Waals surface area contributed by atoms with Crippen LogP contribution in [0, 0.1) is 0 Å². The number of methoxy groups -OCH3 is 1. The number of rotatable bonds is 4. The molecule has 0 unspecified atom stereocenters. The van der Waals surface area contributed by atoms with Crippen molar-refractivity contribution < 1.29 is 14.6 Å². The molecule has 0 aromatic rings. The molecule has 98 valence electrons. The third kappa shape index (κ3) is 13.4. The summed E-state index contributed by atoms with van der Waals surface area (Å²) in [5.41, 5.74) is 0. The zero-order valence-electron chi connectivity index (χ0n) is 11.2. The molecule has 0 aromatic carbocycles. The van der Waals surface area contributed by atoms with E-state index in [1.54, 1.807) is 0 Å². The fraction of sp³-hybridized carbons (Fsp3) is 0.917. The Morgan fingerprint density at radius 3 is 2.00 bits per heavy atom. The van der Waals surface area contributed by atoms with E-state index in [0.717, 1.165) is 0 Å². The summed E-state index contributed by atoms with van der Waals surface area (Å²) < 4.78 is 4.47. The van der Waals surface area contributed by atoms with Crippen molar-refractivity contribution in [3.05, 3.63) is 0 Å². The van der Waals surface area contributed by atoms with E-state index < -0.39 is 5.97 Å². The van der Waals surface area contributed by atoms with Crippen molar-refractivity contribution in [3.63, 3.8) is 0 Å². The minimum atomic E-state index is -0.818. The molecule has 0 radical (unpaired) electrons. The Labute approximate surface area is 99.6 Å². The van der Waals surface area contributed by atoms with Crippen LogP contribution in [0.15, 0.2) is 0 Å². The highest BCUT2D eigenvalue weighted by Crippen LogP contribution is 2.04. The van der Waals surface area contributed by atoms with Gasteiger partial charge in [-0.05, 0) is 32.5 Å². The lowest BCUT2D eigenvalue weighted by molar-refractivity contribution is -0.137. The number of hydrogen-bond donors (Lipinski definition) is 1. The Bertz CT molecular complexity index is 145. The molecule has 1 aliphatic heterocycles. The molecule has 4 nitrogen and oxygen atoms in total. The lowest BCUT2D eigenvalue weighted by Crippen LogP contribution is -2.17. The maximum Gasteiger partial charge on any atom is 0.305 e. The predicted molar refractivity (Wildman–Crippen MR) is 66.8 cm³/mol. The van der Waals surface area contributed by atoms with E-state index in [2.05, 4.69) is 16.6 Å². The highest BCUT2D eigenvalue weighted by Gasteiger charge is 2.06. The Morgan fingerprint density at radius 1 is 1.31 bits per heavy atom. The lowest BCUT2D eigenvalue weighted by atomic mass is 10.4. The van der Waals surface area contributed by atoms with Gasteiger partial charge in [0.25, 0.3) is 0 Å². The fourth-order valence-electron chi connectivity index (χ4n) is 1.29. The Kier molecular flexibility index (Phi) is 16.0. The molecule has 0 aromatic heterocycles. The van der Waals surface area contributed by atoms with Gasteiger partial charge in [-0.15, -0.1) is 0 Å². The van der Waals surface area contributed by atoms with E-state index in [0.29, 0.717) is 6.61 Å². The number of ether oxygens (including phenoxy) is 1. The number of likely N-dealkylation sites (tertiary alicyclic amines) is 1. The zero-order chi connectivity index (χ0) is 12.8. The van der Waals surface area contributed by atoms with Gasteiger partial charge in [-0.25, -0.2) is 0 Å². The first kappa shape index (κ1) is 17.8. The zero-order valence-corrected chi connectivity index (χ0v) is 11.2. The number of carboxylic acids is 1. The van der Waals surface area contributed by atoms with Gasteiger partial charge in [-0.1, -0.05) is 20.8 Å². The summed E-state index contributed by atoms with van der Waals surface area (Å²) in [6.07, 6.45) is 2.94. The van der Waals surface area contributed by atoms with Crippen molar-refractivity contribution in [1.82, 2.24) is 4.90 Å². The van der Waals surface area contributed by atoms with E-state index >= 15 is 0 Å². The van der Waals surface area contributed by atoms with Crippen LogP contribution in [0.5, 0.6) is 0 Å². The summed E-state index contributed by atoms with van der Waals surface area (Å²) in [6.45, 7) is 10.5. The van der Waals surface area contributed by atoms with Crippen molar-refractivity contribution in [2.45, 2.75) is 40.0 Å². The van der Waals surface area contributed by atoms with Gasteiger partial charge in [0.2, 0.25) is 0 Å². The van der Waals surface area contributed by atoms with Gasteiger partial charge in [0, 0.05) is 7.11 Å². The maximum absolute atomic E-state index is 9.68. The van der Waals surface area contributed by atoms with Crippen molar-refractivity contribution >= 4 is 5.97 Å². The number of aliphatic carboxylic acids is 1. The number of carbonyl (C=O) groups is 1. The number of carboxylic acid groups (broad SMARTS) is 1.